The standard InChI is InChI=1S/C20H20N2O5/c1-13(15-7-6-14-4-2-3-5-16(14)10-15)21-17(23)12-27-20(26)11-22-18(24)8-9-19(22)25/h2-7,10,13H,8-9,11-12H2,1H3,(H,21,23). The van der Waals surface area contributed by atoms with Gasteiger partial charge in [0.15, 0.2) is 6.61 Å². The Bertz CT molecular complexity index is 892. The zero-order chi connectivity index (χ0) is 19.4. The van der Waals surface area contributed by atoms with Crippen LogP contribution in [0, 0.1) is 0 Å². The first-order valence-electron chi connectivity index (χ1n) is 8.71. The van der Waals surface area contributed by atoms with Gasteiger partial charge in [0.25, 0.3) is 5.91 Å². The molecule has 1 saturated heterocycles. The minimum atomic E-state index is -0.785. The molecule has 27 heavy (non-hydrogen) atoms. The van der Waals surface area contributed by atoms with E-state index < -0.39 is 36.8 Å². The summed E-state index contributed by atoms with van der Waals surface area (Å²) in [5.74, 6) is -2.03. The summed E-state index contributed by atoms with van der Waals surface area (Å²) in [7, 11) is 0. The van der Waals surface area contributed by atoms with Crippen molar-refractivity contribution < 1.29 is 23.9 Å². The van der Waals surface area contributed by atoms with Crippen molar-refractivity contribution in [3.8, 4) is 0 Å². The number of rotatable bonds is 6. The number of hydrogen-bond donors (Lipinski definition) is 1. The van der Waals surface area contributed by atoms with Gasteiger partial charge in [0.2, 0.25) is 11.8 Å². The average molecular weight is 368 g/mol. The summed E-state index contributed by atoms with van der Waals surface area (Å²) >= 11 is 0. The molecule has 0 aromatic heterocycles. The summed E-state index contributed by atoms with van der Waals surface area (Å²) in [6, 6.07) is 13.6. The topological polar surface area (TPSA) is 92.8 Å². The van der Waals surface area contributed by atoms with Gasteiger partial charge in [-0.25, -0.2) is 0 Å². The third-order valence-corrected chi connectivity index (χ3v) is 4.46. The molecule has 1 atom stereocenters. The fourth-order valence-electron chi connectivity index (χ4n) is 2.96. The van der Waals surface area contributed by atoms with E-state index in [1.807, 2.05) is 49.4 Å². The van der Waals surface area contributed by atoms with Crippen molar-refractivity contribution in [3.05, 3.63) is 48.0 Å². The molecule has 0 radical (unpaired) electrons. The van der Waals surface area contributed by atoms with Crippen molar-refractivity contribution in [1.82, 2.24) is 10.2 Å². The Morgan fingerprint density at radius 2 is 1.74 bits per heavy atom. The maximum atomic E-state index is 12.0. The third kappa shape index (κ3) is 4.49. The highest BCUT2D eigenvalue weighted by molar-refractivity contribution is 6.04. The molecule has 1 aliphatic rings. The molecule has 2 aromatic carbocycles. The van der Waals surface area contributed by atoms with Crippen LogP contribution in [0.4, 0.5) is 0 Å². The van der Waals surface area contributed by atoms with Gasteiger partial charge in [-0.1, -0.05) is 36.4 Å². The van der Waals surface area contributed by atoms with Crippen molar-refractivity contribution in [3.63, 3.8) is 0 Å². The van der Waals surface area contributed by atoms with Crippen molar-refractivity contribution in [2.75, 3.05) is 13.2 Å². The van der Waals surface area contributed by atoms with Gasteiger partial charge in [-0.3, -0.25) is 24.1 Å². The second kappa shape index (κ2) is 7.99. The number of likely N-dealkylation sites (tertiary alicyclic amines) is 1. The van der Waals surface area contributed by atoms with E-state index in [1.165, 1.54) is 0 Å². The maximum absolute atomic E-state index is 12.0. The molecule has 0 spiro atoms. The van der Waals surface area contributed by atoms with E-state index in [2.05, 4.69) is 5.32 Å². The largest absolute Gasteiger partial charge is 0.454 e. The molecule has 0 aliphatic carbocycles. The summed E-state index contributed by atoms with van der Waals surface area (Å²) in [4.78, 5) is 47.6. The molecular formula is C20H20N2O5. The number of carbonyl (C=O) groups excluding carboxylic acids is 4. The Hall–Kier alpha value is -3.22. The van der Waals surface area contributed by atoms with Crippen molar-refractivity contribution in [1.29, 1.82) is 0 Å². The molecule has 1 heterocycles. The molecule has 0 saturated carbocycles. The fraction of sp³-hybridized carbons (Fsp3) is 0.300. The summed E-state index contributed by atoms with van der Waals surface area (Å²) in [6.07, 6.45) is 0.214. The molecule has 2 aromatic rings. The van der Waals surface area contributed by atoms with Crippen LogP contribution >= 0.6 is 0 Å². The fourth-order valence-corrected chi connectivity index (χ4v) is 2.96. The smallest absolute Gasteiger partial charge is 0.326 e. The SMILES string of the molecule is CC(NC(=O)COC(=O)CN1C(=O)CCC1=O)c1ccc2ccccc2c1. The highest BCUT2D eigenvalue weighted by atomic mass is 16.5. The van der Waals surface area contributed by atoms with Crippen LogP contribution in [0.5, 0.6) is 0 Å². The van der Waals surface area contributed by atoms with Crippen molar-refractivity contribution in [2.45, 2.75) is 25.8 Å². The second-order valence-corrected chi connectivity index (χ2v) is 6.43. The summed E-state index contributed by atoms with van der Waals surface area (Å²) in [6.45, 7) is 0.920. The van der Waals surface area contributed by atoms with Gasteiger partial charge in [0.1, 0.15) is 6.54 Å². The lowest BCUT2D eigenvalue weighted by Gasteiger charge is -2.16. The molecule has 1 aliphatic heterocycles. The van der Waals surface area contributed by atoms with Crippen LogP contribution < -0.4 is 5.32 Å². The van der Waals surface area contributed by atoms with Gasteiger partial charge >= 0.3 is 5.97 Å². The van der Waals surface area contributed by atoms with Crippen LogP contribution in [0.1, 0.15) is 31.4 Å². The first-order valence-corrected chi connectivity index (χ1v) is 8.71. The Morgan fingerprint density at radius 3 is 2.44 bits per heavy atom. The van der Waals surface area contributed by atoms with Crippen LogP contribution in [-0.2, 0) is 23.9 Å². The van der Waals surface area contributed by atoms with E-state index >= 15 is 0 Å². The number of hydrogen-bond acceptors (Lipinski definition) is 5. The summed E-state index contributed by atoms with van der Waals surface area (Å²) in [5.41, 5.74) is 0.932. The monoisotopic (exact) mass is 368 g/mol. The van der Waals surface area contributed by atoms with E-state index in [-0.39, 0.29) is 18.9 Å². The Balaban J connectivity index is 1.50. The maximum Gasteiger partial charge on any atom is 0.326 e. The molecule has 3 amide bonds. The number of amides is 3. The van der Waals surface area contributed by atoms with Crippen LogP contribution in [0.15, 0.2) is 42.5 Å². The van der Waals surface area contributed by atoms with E-state index in [1.54, 1.807) is 0 Å². The minimum absolute atomic E-state index is 0.107. The summed E-state index contributed by atoms with van der Waals surface area (Å²) < 4.78 is 4.87. The van der Waals surface area contributed by atoms with Gasteiger partial charge in [-0.05, 0) is 29.3 Å². The van der Waals surface area contributed by atoms with E-state index in [0.717, 1.165) is 21.2 Å². The van der Waals surface area contributed by atoms with Gasteiger partial charge in [0.05, 0.1) is 6.04 Å². The zero-order valence-electron chi connectivity index (χ0n) is 14.9. The van der Waals surface area contributed by atoms with Crippen LogP contribution in [-0.4, -0.2) is 41.7 Å². The van der Waals surface area contributed by atoms with Crippen LogP contribution in [0.2, 0.25) is 0 Å². The Labute approximate surface area is 156 Å². The Morgan fingerprint density at radius 1 is 1.07 bits per heavy atom. The lowest BCUT2D eigenvalue weighted by atomic mass is 10.0. The van der Waals surface area contributed by atoms with Gasteiger partial charge in [-0.2, -0.15) is 0 Å². The van der Waals surface area contributed by atoms with E-state index in [0.29, 0.717) is 0 Å². The van der Waals surface area contributed by atoms with E-state index in [4.69, 9.17) is 4.74 Å². The minimum Gasteiger partial charge on any atom is -0.454 e. The summed E-state index contributed by atoms with van der Waals surface area (Å²) in [5, 5.41) is 4.95. The number of carbonyl (C=O) groups is 4. The first kappa shape index (κ1) is 18.6. The molecule has 140 valence electrons. The molecule has 1 unspecified atom stereocenters. The average Bonchev–Trinajstić information content (AvgIpc) is 2.98. The molecule has 0 bridgehead atoms. The van der Waals surface area contributed by atoms with Gasteiger partial charge in [0, 0.05) is 12.8 Å². The van der Waals surface area contributed by atoms with Crippen molar-refractivity contribution >= 4 is 34.5 Å². The van der Waals surface area contributed by atoms with Crippen LogP contribution in [0.25, 0.3) is 10.8 Å². The predicted molar refractivity (Wildman–Crippen MR) is 97.4 cm³/mol. The van der Waals surface area contributed by atoms with Crippen LogP contribution in [0.3, 0.4) is 0 Å². The van der Waals surface area contributed by atoms with Crippen molar-refractivity contribution in [2.24, 2.45) is 0 Å². The molecule has 7 nitrogen and oxygen atoms in total. The second-order valence-electron chi connectivity index (χ2n) is 6.43. The number of esters is 1. The highest BCUT2D eigenvalue weighted by Crippen LogP contribution is 2.20. The Kier molecular flexibility index (Phi) is 5.49. The number of nitrogens with one attached hydrogen (secondary N) is 1. The zero-order valence-corrected chi connectivity index (χ0v) is 14.9. The lowest BCUT2D eigenvalue weighted by Crippen LogP contribution is -2.37. The number of benzene rings is 2. The number of nitrogens with zero attached hydrogens (tertiary/aromatic N) is 1. The van der Waals surface area contributed by atoms with Gasteiger partial charge < -0.3 is 10.1 Å². The first-order chi connectivity index (χ1) is 12.9. The predicted octanol–water partition coefficient (Wildman–Crippen LogP) is 1.71. The quantitative estimate of drug-likeness (QED) is 0.619. The number of imide groups is 1. The number of fused-ring (bicyclic) bond motifs is 1. The lowest BCUT2D eigenvalue weighted by molar-refractivity contribution is -0.154. The molecule has 1 N–H and O–H groups in total. The molecule has 3 rings (SSSR count). The normalized spacial score (nSPS) is 15.1. The molecule has 1 fully saturated rings. The highest BCUT2D eigenvalue weighted by Gasteiger charge is 2.31. The number of ether oxygens (including phenoxy) is 1. The molecular weight excluding hydrogens is 348 g/mol. The molecule has 7 heteroatoms. The van der Waals surface area contributed by atoms with Gasteiger partial charge in [-0.15, -0.1) is 0 Å². The van der Waals surface area contributed by atoms with E-state index in [9.17, 15) is 19.2 Å². The third-order valence-electron chi connectivity index (χ3n) is 4.46.